The number of carbonyl (C=O) groups is 1. The number of hydrogen-bond acceptors (Lipinski definition) is 4. The summed E-state index contributed by atoms with van der Waals surface area (Å²) in [4.78, 5) is 40.7. The van der Waals surface area contributed by atoms with Gasteiger partial charge in [0.2, 0.25) is 5.91 Å². The van der Waals surface area contributed by atoms with Crippen LogP contribution in [0.4, 0.5) is 0 Å². The minimum Gasteiger partial charge on any atom is -0.341 e. The first-order chi connectivity index (χ1) is 13.5. The lowest BCUT2D eigenvalue weighted by atomic mass is 9.99. The van der Waals surface area contributed by atoms with Crippen LogP contribution < -0.4 is 11.2 Å². The van der Waals surface area contributed by atoms with Crippen molar-refractivity contribution in [1.82, 2.24) is 14.0 Å². The van der Waals surface area contributed by atoms with Crippen molar-refractivity contribution in [3.8, 4) is 5.69 Å². The number of piperidine rings is 1. The van der Waals surface area contributed by atoms with Crippen molar-refractivity contribution in [3.05, 3.63) is 61.6 Å². The van der Waals surface area contributed by atoms with Gasteiger partial charge in [-0.05, 0) is 54.5 Å². The number of hydrogen-bond donors (Lipinski definition) is 0. The summed E-state index contributed by atoms with van der Waals surface area (Å²) in [6.07, 6.45) is 1.94. The molecular weight excluding hydrogens is 398 g/mol. The SMILES string of the molecule is CC1CCN(C(=O)Cn2c(=O)n(-c3ccc(Cl)cc3)c(=O)c3sccc32)CC1. The Balaban J connectivity index is 1.79. The van der Waals surface area contributed by atoms with E-state index in [1.54, 1.807) is 35.7 Å². The van der Waals surface area contributed by atoms with E-state index in [1.807, 2.05) is 4.90 Å². The molecule has 0 atom stereocenters. The normalized spacial score (nSPS) is 15.3. The average molecular weight is 418 g/mol. The Hall–Kier alpha value is -2.38. The standard InChI is InChI=1S/C20H20ClN3O3S/c1-13-6-9-22(10-7-13)17(25)12-23-16-8-11-28-18(16)19(26)24(20(23)27)15-4-2-14(21)3-5-15/h2-5,8,11,13H,6-7,9-10,12H2,1H3. The van der Waals surface area contributed by atoms with Crippen molar-refractivity contribution >= 4 is 39.1 Å². The summed E-state index contributed by atoms with van der Waals surface area (Å²) in [5.41, 5.74) is 0.0383. The minimum atomic E-state index is -0.517. The first-order valence-electron chi connectivity index (χ1n) is 9.22. The highest BCUT2D eigenvalue weighted by Gasteiger charge is 2.23. The molecule has 2 aromatic heterocycles. The maximum absolute atomic E-state index is 13.2. The van der Waals surface area contributed by atoms with Gasteiger partial charge in [0.15, 0.2) is 0 Å². The fourth-order valence-corrected chi connectivity index (χ4v) is 4.50. The highest BCUT2D eigenvalue weighted by molar-refractivity contribution is 7.17. The Labute approximate surface area is 170 Å². The van der Waals surface area contributed by atoms with Gasteiger partial charge in [0.1, 0.15) is 11.2 Å². The van der Waals surface area contributed by atoms with Gasteiger partial charge in [-0.2, -0.15) is 0 Å². The number of carbonyl (C=O) groups excluding carboxylic acids is 1. The minimum absolute atomic E-state index is 0.0751. The predicted octanol–water partition coefficient (Wildman–Crippen LogP) is 3.13. The largest absolute Gasteiger partial charge is 0.341 e. The number of benzene rings is 1. The van der Waals surface area contributed by atoms with Gasteiger partial charge in [-0.15, -0.1) is 11.3 Å². The van der Waals surface area contributed by atoms with Crippen LogP contribution in [-0.2, 0) is 11.3 Å². The molecule has 4 rings (SSSR count). The summed E-state index contributed by atoms with van der Waals surface area (Å²) in [6, 6.07) is 8.24. The predicted molar refractivity (Wildman–Crippen MR) is 112 cm³/mol. The molecule has 0 bridgehead atoms. The maximum Gasteiger partial charge on any atom is 0.336 e. The van der Waals surface area contributed by atoms with E-state index in [0.29, 0.717) is 39.9 Å². The second kappa shape index (κ2) is 7.56. The molecule has 0 saturated carbocycles. The molecule has 146 valence electrons. The van der Waals surface area contributed by atoms with Gasteiger partial charge >= 0.3 is 5.69 Å². The zero-order valence-corrected chi connectivity index (χ0v) is 17.0. The molecule has 0 spiro atoms. The number of aromatic nitrogens is 2. The highest BCUT2D eigenvalue weighted by atomic mass is 35.5. The Bertz CT molecular complexity index is 1140. The van der Waals surface area contributed by atoms with Crippen molar-refractivity contribution in [2.45, 2.75) is 26.3 Å². The lowest BCUT2D eigenvalue weighted by Gasteiger charge is -2.30. The molecule has 0 unspecified atom stereocenters. The van der Waals surface area contributed by atoms with Crippen molar-refractivity contribution in [2.24, 2.45) is 5.92 Å². The van der Waals surface area contributed by atoms with Crippen LogP contribution in [0.1, 0.15) is 19.8 Å². The highest BCUT2D eigenvalue weighted by Crippen LogP contribution is 2.19. The van der Waals surface area contributed by atoms with Crippen LogP contribution in [0.2, 0.25) is 5.02 Å². The van der Waals surface area contributed by atoms with Crippen LogP contribution in [0.5, 0.6) is 0 Å². The summed E-state index contributed by atoms with van der Waals surface area (Å²) < 4.78 is 2.97. The topological polar surface area (TPSA) is 64.3 Å². The third kappa shape index (κ3) is 3.40. The van der Waals surface area contributed by atoms with E-state index in [0.717, 1.165) is 17.4 Å². The summed E-state index contributed by atoms with van der Waals surface area (Å²) in [5.74, 6) is 0.518. The number of fused-ring (bicyclic) bond motifs is 1. The number of amides is 1. The molecule has 6 nitrogen and oxygen atoms in total. The molecule has 1 amide bonds. The Morgan fingerprint density at radius 3 is 2.50 bits per heavy atom. The first-order valence-corrected chi connectivity index (χ1v) is 10.5. The van der Waals surface area contributed by atoms with Crippen LogP contribution in [0.25, 0.3) is 15.9 Å². The van der Waals surface area contributed by atoms with Gasteiger partial charge in [0.25, 0.3) is 5.56 Å². The molecule has 1 aliphatic rings. The second-order valence-corrected chi connectivity index (χ2v) is 8.54. The monoisotopic (exact) mass is 417 g/mol. The van der Waals surface area contributed by atoms with Crippen LogP contribution >= 0.6 is 22.9 Å². The Kier molecular flexibility index (Phi) is 5.12. The van der Waals surface area contributed by atoms with E-state index in [1.165, 1.54) is 15.9 Å². The summed E-state index contributed by atoms with van der Waals surface area (Å²) in [5, 5.41) is 2.28. The van der Waals surface area contributed by atoms with Gasteiger partial charge in [-0.3, -0.25) is 14.2 Å². The third-order valence-corrected chi connectivity index (χ3v) is 6.41. The van der Waals surface area contributed by atoms with Gasteiger partial charge in [-0.25, -0.2) is 9.36 Å². The molecular formula is C20H20ClN3O3S. The van der Waals surface area contributed by atoms with Crippen LogP contribution in [0.3, 0.4) is 0 Å². The fourth-order valence-electron chi connectivity index (χ4n) is 3.55. The molecule has 1 aliphatic heterocycles. The molecule has 3 heterocycles. The van der Waals surface area contributed by atoms with Gasteiger partial charge < -0.3 is 4.90 Å². The zero-order chi connectivity index (χ0) is 19.8. The Morgan fingerprint density at radius 1 is 1.14 bits per heavy atom. The molecule has 1 saturated heterocycles. The summed E-state index contributed by atoms with van der Waals surface area (Å²) in [6.45, 7) is 3.52. The van der Waals surface area contributed by atoms with Crippen LogP contribution in [0.15, 0.2) is 45.3 Å². The molecule has 0 N–H and O–H groups in total. The lowest BCUT2D eigenvalue weighted by Crippen LogP contribution is -2.44. The van der Waals surface area contributed by atoms with E-state index in [-0.39, 0.29) is 18.0 Å². The maximum atomic E-state index is 13.2. The third-order valence-electron chi connectivity index (χ3n) is 5.27. The fraction of sp³-hybridized carbons (Fsp3) is 0.350. The van der Waals surface area contributed by atoms with Gasteiger partial charge in [0, 0.05) is 18.1 Å². The average Bonchev–Trinajstić information content (AvgIpc) is 3.17. The van der Waals surface area contributed by atoms with E-state index >= 15 is 0 Å². The van der Waals surface area contributed by atoms with Gasteiger partial charge in [-0.1, -0.05) is 18.5 Å². The quantitative estimate of drug-likeness (QED) is 0.657. The van der Waals surface area contributed by atoms with E-state index < -0.39 is 5.69 Å². The summed E-state index contributed by atoms with van der Waals surface area (Å²) >= 11 is 7.20. The van der Waals surface area contributed by atoms with Crippen LogP contribution in [0, 0.1) is 5.92 Å². The molecule has 28 heavy (non-hydrogen) atoms. The smallest absolute Gasteiger partial charge is 0.336 e. The molecule has 0 radical (unpaired) electrons. The molecule has 3 aromatic rings. The van der Waals surface area contributed by atoms with Crippen molar-refractivity contribution in [2.75, 3.05) is 13.1 Å². The zero-order valence-electron chi connectivity index (χ0n) is 15.4. The summed E-state index contributed by atoms with van der Waals surface area (Å²) in [7, 11) is 0. The first kappa shape index (κ1) is 19.0. The van der Waals surface area contributed by atoms with Crippen molar-refractivity contribution in [1.29, 1.82) is 0 Å². The number of likely N-dealkylation sites (tertiary alicyclic amines) is 1. The number of halogens is 1. The number of nitrogens with zero attached hydrogens (tertiary/aromatic N) is 3. The van der Waals surface area contributed by atoms with Crippen molar-refractivity contribution < 1.29 is 4.79 Å². The second-order valence-electron chi connectivity index (χ2n) is 7.18. The van der Waals surface area contributed by atoms with Gasteiger partial charge in [0.05, 0.1) is 11.2 Å². The molecule has 0 aliphatic carbocycles. The number of rotatable bonds is 3. The lowest BCUT2D eigenvalue weighted by molar-refractivity contribution is -0.133. The van der Waals surface area contributed by atoms with E-state index in [2.05, 4.69) is 6.92 Å². The van der Waals surface area contributed by atoms with Crippen LogP contribution in [-0.4, -0.2) is 33.0 Å². The molecule has 8 heteroatoms. The molecule has 1 fully saturated rings. The van der Waals surface area contributed by atoms with E-state index in [4.69, 9.17) is 11.6 Å². The number of thiophene rings is 1. The van der Waals surface area contributed by atoms with E-state index in [9.17, 15) is 14.4 Å². The molecule has 1 aromatic carbocycles. The Morgan fingerprint density at radius 2 is 1.82 bits per heavy atom. The van der Waals surface area contributed by atoms with Crippen molar-refractivity contribution in [3.63, 3.8) is 0 Å².